The Morgan fingerprint density at radius 2 is 1.39 bits per heavy atom. The number of hydrogen-bond acceptors (Lipinski definition) is 2. The Morgan fingerprint density at radius 3 is 2.21 bits per heavy atom. The topological polar surface area (TPSA) is 12.9 Å². The van der Waals surface area contributed by atoms with Gasteiger partial charge in [0.05, 0.1) is 19.3 Å². The summed E-state index contributed by atoms with van der Waals surface area (Å²) in [5.41, 5.74) is 5.92. The van der Waals surface area contributed by atoms with Gasteiger partial charge in [-0.15, -0.1) is 11.3 Å². The van der Waals surface area contributed by atoms with Gasteiger partial charge in [0.2, 0.25) is 0 Å². The maximum atomic E-state index is 5.20. The molecule has 2 aromatic heterocycles. The minimum Gasteiger partial charge on any atom is -0.248 e. The van der Waals surface area contributed by atoms with Crippen molar-refractivity contribution in [1.82, 2.24) is 4.98 Å². The van der Waals surface area contributed by atoms with Crippen molar-refractivity contribution in [2.24, 2.45) is 0 Å². The first kappa shape index (κ1) is 20.3. The molecule has 0 bridgehead atoms. The van der Waals surface area contributed by atoms with E-state index in [4.69, 9.17) is 4.98 Å². The average molecular weight is 460 g/mol. The minimum absolute atomic E-state index is 1.09. The van der Waals surface area contributed by atoms with Gasteiger partial charge >= 0.3 is 0 Å². The van der Waals surface area contributed by atoms with E-state index < -0.39 is 8.07 Å². The number of benzene rings is 4. The highest BCUT2D eigenvalue weighted by Crippen LogP contribution is 2.39. The van der Waals surface area contributed by atoms with Crippen LogP contribution < -0.4 is 5.19 Å². The molecule has 4 aromatic carbocycles. The molecule has 1 nitrogen and oxygen atoms in total. The van der Waals surface area contributed by atoms with E-state index in [1.807, 2.05) is 11.3 Å². The number of pyridine rings is 1. The standard InChI is InChI=1S/C30H25NSSi/c1-33(2,3)29-19-27(24-14-9-13-23-22-12-7-8-15-28(22)32-30(23)24)31-26-17-16-21(18-25(26)29)20-10-5-4-6-11-20/h4-19H,1-3H3. The first-order chi connectivity index (χ1) is 16.0. The fourth-order valence-corrected chi connectivity index (χ4v) is 7.55. The molecule has 0 N–H and O–H groups in total. The predicted octanol–water partition coefficient (Wildman–Crippen LogP) is 8.48. The van der Waals surface area contributed by atoms with Crippen molar-refractivity contribution < 1.29 is 0 Å². The monoisotopic (exact) mass is 459 g/mol. The molecule has 33 heavy (non-hydrogen) atoms. The Kier molecular flexibility index (Phi) is 4.72. The second-order valence-electron chi connectivity index (χ2n) is 9.68. The van der Waals surface area contributed by atoms with Crippen LogP contribution in [-0.2, 0) is 0 Å². The number of nitrogens with zero attached hydrogens (tertiary/aromatic N) is 1. The Morgan fingerprint density at radius 1 is 0.636 bits per heavy atom. The van der Waals surface area contributed by atoms with Crippen LogP contribution in [0.4, 0.5) is 0 Å². The number of thiophene rings is 1. The van der Waals surface area contributed by atoms with Gasteiger partial charge < -0.3 is 0 Å². The molecule has 0 amide bonds. The molecular weight excluding hydrogens is 434 g/mol. The van der Waals surface area contributed by atoms with Crippen molar-refractivity contribution in [3.63, 3.8) is 0 Å². The van der Waals surface area contributed by atoms with Crippen LogP contribution in [0.2, 0.25) is 19.6 Å². The SMILES string of the molecule is C[Si](C)(C)c1cc(-c2cccc3c2sc2ccccc23)nc2ccc(-c3ccccc3)cc12. The van der Waals surface area contributed by atoms with Crippen LogP contribution in [0.3, 0.4) is 0 Å². The molecule has 6 rings (SSSR count). The van der Waals surface area contributed by atoms with E-state index in [0.29, 0.717) is 0 Å². The van der Waals surface area contributed by atoms with Crippen molar-refractivity contribution in [2.75, 3.05) is 0 Å². The second-order valence-corrected chi connectivity index (χ2v) is 15.8. The van der Waals surface area contributed by atoms with Crippen molar-refractivity contribution in [3.05, 3.63) is 97.1 Å². The largest absolute Gasteiger partial charge is 0.248 e. The molecule has 0 saturated carbocycles. The van der Waals surface area contributed by atoms with Crippen LogP contribution in [0.15, 0.2) is 97.1 Å². The van der Waals surface area contributed by atoms with E-state index in [2.05, 4.69) is 117 Å². The van der Waals surface area contributed by atoms with E-state index in [0.717, 1.165) is 11.2 Å². The third-order valence-electron chi connectivity index (χ3n) is 6.40. The Labute approximate surface area is 199 Å². The smallest absolute Gasteiger partial charge is 0.0785 e. The van der Waals surface area contributed by atoms with Gasteiger partial charge in [-0.2, -0.15) is 0 Å². The highest BCUT2D eigenvalue weighted by molar-refractivity contribution is 7.26. The Hall–Kier alpha value is -3.27. The third kappa shape index (κ3) is 3.49. The van der Waals surface area contributed by atoms with Gasteiger partial charge in [-0.25, -0.2) is 4.98 Å². The van der Waals surface area contributed by atoms with Gasteiger partial charge in [-0.3, -0.25) is 0 Å². The first-order valence-electron chi connectivity index (χ1n) is 11.4. The lowest BCUT2D eigenvalue weighted by Gasteiger charge is -2.21. The molecule has 0 unspecified atom stereocenters. The summed E-state index contributed by atoms with van der Waals surface area (Å²) in [5.74, 6) is 0. The number of fused-ring (bicyclic) bond motifs is 4. The minimum atomic E-state index is -1.62. The molecule has 3 heteroatoms. The molecule has 6 aromatic rings. The van der Waals surface area contributed by atoms with E-state index in [-0.39, 0.29) is 0 Å². The Balaban J connectivity index is 1.62. The molecule has 0 fully saturated rings. The predicted molar refractivity (Wildman–Crippen MR) is 148 cm³/mol. The molecule has 0 aliphatic heterocycles. The van der Waals surface area contributed by atoms with Crippen LogP contribution >= 0.6 is 11.3 Å². The fraction of sp³-hybridized carbons (Fsp3) is 0.100. The Bertz CT molecular complexity index is 1640. The summed E-state index contributed by atoms with van der Waals surface area (Å²) in [7, 11) is -1.62. The maximum absolute atomic E-state index is 5.20. The normalized spacial score (nSPS) is 12.1. The molecule has 160 valence electrons. The van der Waals surface area contributed by atoms with Gasteiger partial charge in [0, 0.05) is 31.1 Å². The lowest BCUT2D eigenvalue weighted by Crippen LogP contribution is -2.38. The molecule has 0 atom stereocenters. The fourth-order valence-electron chi connectivity index (χ4n) is 4.74. The molecule has 0 spiro atoms. The first-order valence-corrected chi connectivity index (χ1v) is 15.7. The molecular formula is C30H25NSSi. The quantitative estimate of drug-likeness (QED) is 0.242. The van der Waals surface area contributed by atoms with E-state index in [1.54, 1.807) is 0 Å². The van der Waals surface area contributed by atoms with E-state index >= 15 is 0 Å². The van der Waals surface area contributed by atoms with Crippen molar-refractivity contribution in [3.8, 4) is 22.4 Å². The zero-order valence-electron chi connectivity index (χ0n) is 19.1. The number of aromatic nitrogens is 1. The van der Waals surface area contributed by atoms with Crippen molar-refractivity contribution in [1.29, 1.82) is 0 Å². The highest BCUT2D eigenvalue weighted by atomic mass is 32.1. The van der Waals surface area contributed by atoms with Crippen LogP contribution in [0.1, 0.15) is 0 Å². The lowest BCUT2D eigenvalue weighted by atomic mass is 10.0. The molecule has 0 saturated heterocycles. The van der Waals surface area contributed by atoms with Crippen molar-refractivity contribution in [2.45, 2.75) is 19.6 Å². The zero-order chi connectivity index (χ0) is 22.6. The van der Waals surface area contributed by atoms with E-state index in [1.165, 1.54) is 47.4 Å². The average Bonchev–Trinajstić information content (AvgIpc) is 3.22. The maximum Gasteiger partial charge on any atom is 0.0785 e. The van der Waals surface area contributed by atoms with Crippen LogP contribution in [0.5, 0.6) is 0 Å². The summed E-state index contributed by atoms with van der Waals surface area (Å²) in [4.78, 5) is 5.20. The van der Waals surface area contributed by atoms with E-state index in [9.17, 15) is 0 Å². The summed E-state index contributed by atoms with van der Waals surface area (Å²) >= 11 is 1.87. The summed E-state index contributed by atoms with van der Waals surface area (Å²) in [6, 6.07) is 35.1. The molecule has 0 aliphatic carbocycles. The second kappa shape index (κ2) is 7.65. The summed E-state index contributed by atoms with van der Waals surface area (Å²) < 4.78 is 2.66. The van der Waals surface area contributed by atoms with Crippen molar-refractivity contribution >= 4 is 55.7 Å². The third-order valence-corrected chi connectivity index (χ3v) is 9.65. The summed E-state index contributed by atoms with van der Waals surface area (Å²) in [6.07, 6.45) is 0. The van der Waals surface area contributed by atoms with Gasteiger partial charge in [0.15, 0.2) is 0 Å². The number of rotatable bonds is 3. The molecule has 0 aliphatic rings. The molecule has 2 heterocycles. The van der Waals surface area contributed by atoms with Gasteiger partial charge in [0.1, 0.15) is 0 Å². The van der Waals surface area contributed by atoms with Gasteiger partial charge in [0.25, 0.3) is 0 Å². The summed E-state index contributed by atoms with van der Waals surface area (Å²) in [5, 5.41) is 5.42. The van der Waals surface area contributed by atoms with Crippen LogP contribution in [0.25, 0.3) is 53.5 Å². The number of hydrogen-bond donors (Lipinski definition) is 0. The van der Waals surface area contributed by atoms with Gasteiger partial charge in [-0.05, 0) is 40.6 Å². The van der Waals surface area contributed by atoms with Crippen LogP contribution in [-0.4, -0.2) is 13.1 Å². The lowest BCUT2D eigenvalue weighted by molar-refractivity contribution is 1.42. The summed E-state index contributed by atoms with van der Waals surface area (Å²) in [6.45, 7) is 7.29. The molecule has 0 radical (unpaired) electrons. The highest BCUT2D eigenvalue weighted by Gasteiger charge is 2.22. The van der Waals surface area contributed by atoms with Crippen LogP contribution in [0, 0.1) is 0 Å². The zero-order valence-corrected chi connectivity index (χ0v) is 20.9. The van der Waals surface area contributed by atoms with Gasteiger partial charge in [-0.1, -0.05) is 92.4 Å².